The zero-order valence-corrected chi connectivity index (χ0v) is 14.5. The number of nitrogens with one attached hydrogen (secondary N) is 1. The molecule has 2 aromatic heterocycles. The maximum atomic E-state index is 13.1. The molecule has 0 aliphatic rings. The number of carbonyl (C=O) groups is 1. The number of nitrogens with zero attached hydrogens (tertiary/aromatic N) is 4. The first-order chi connectivity index (χ1) is 11.9. The Morgan fingerprint density at radius 3 is 2.72 bits per heavy atom. The quantitative estimate of drug-likeness (QED) is 0.757. The van der Waals surface area contributed by atoms with Crippen LogP contribution in [0.3, 0.4) is 0 Å². The van der Waals surface area contributed by atoms with Gasteiger partial charge in [-0.3, -0.25) is 9.48 Å². The van der Waals surface area contributed by atoms with Gasteiger partial charge in [-0.05, 0) is 31.2 Å². The molecule has 0 spiro atoms. The summed E-state index contributed by atoms with van der Waals surface area (Å²) < 4.78 is 16.3. The average Bonchev–Trinajstić information content (AvgIpc) is 3.13. The lowest BCUT2D eigenvalue weighted by Crippen LogP contribution is -2.25. The molecule has 1 N–H and O–H groups in total. The highest BCUT2D eigenvalue weighted by Crippen LogP contribution is 2.18. The molecule has 1 amide bonds. The van der Waals surface area contributed by atoms with Crippen molar-refractivity contribution in [1.29, 1.82) is 0 Å². The molecule has 8 heteroatoms. The van der Waals surface area contributed by atoms with E-state index in [9.17, 15) is 9.18 Å². The predicted octanol–water partition coefficient (Wildman–Crippen LogP) is 3.44. The number of anilines is 1. The SMILES string of the molecule is Cc1cc(NC(=O)C(C)Cn2cc(Cl)cn2)n(-c2ccc(F)cc2)n1. The maximum absolute atomic E-state index is 13.1. The minimum atomic E-state index is -0.329. The van der Waals surface area contributed by atoms with E-state index in [4.69, 9.17) is 11.6 Å². The van der Waals surface area contributed by atoms with Crippen LogP contribution >= 0.6 is 11.6 Å². The van der Waals surface area contributed by atoms with Crippen molar-refractivity contribution in [1.82, 2.24) is 19.6 Å². The second-order valence-corrected chi connectivity index (χ2v) is 6.27. The van der Waals surface area contributed by atoms with Crippen LogP contribution in [0.2, 0.25) is 5.02 Å². The van der Waals surface area contributed by atoms with Gasteiger partial charge in [-0.25, -0.2) is 9.07 Å². The highest BCUT2D eigenvalue weighted by molar-refractivity contribution is 6.30. The van der Waals surface area contributed by atoms with Gasteiger partial charge in [0.1, 0.15) is 11.6 Å². The number of carbonyl (C=O) groups excluding carboxylic acids is 1. The summed E-state index contributed by atoms with van der Waals surface area (Å²) in [5, 5.41) is 11.8. The van der Waals surface area contributed by atoms with Crippen molar-refractivity contribution in [3.63, 3.8) is 0 Å². The molecular weight excluding hydrogens is 345 g/mol. The molecule has 0 fully saturated rings. The number of halogens is 2. The predicted molar refractivity (Wildman–Crippen MR) is 93.3 cm³/mol. The van der Waals surface area contributed by atoms with E-state index in [1.54, 1.807) is 40.7 Å². The summed E-state index contributed by atoms with van der Waals surface area (Å²) in [6.45, 7) is 4.03. The van der Waals surface area contributed by atoms with Crippen LogP contribution in [0.15, 0.2) is 42.7 Å². The lowest BCUT2D eigenvalue weighted by molar-refractivity contribution is -0.119. The number of aryl methyl sites for hydroxylation is 1. The second kappa shape index (κ2) is 7.06. The smallest absolute Gasteiger partial charge is 0.230 e. The van der Waals surface area contributed by atoms with E-state index in [0.717, 1.165) is 5.69 Å². The zero-order chi connectivity index (χ0) is 18.0. The van der Waals surface area contributed by atoms with Crippen molar-refractivity contribution in [3.05, 3.63) is 59.3 Å². The molecule has 1 aromatic carbocycles. The van der Waals surface area contributed by atoms with Gasteiger partial charge in [0.2, 0.25) is 5.91 Å². The summed E-state index contributed by atoms with van der Waals surface area (Å²) in [4.78, 5) is 12.5. The molecule has 130 valence electrons. The Bertz CT molecular complexity index is 887. The van der Waals surface area contributed by atoms with Gasteiger partial charge in [0.15, 0.2) is 0 Å². The average molecular weight is 362 g/mol. The highest BCUT2D eigenvalue weighted by Gasteiger charge is 2.17. The van der Waals surface area contributed by atoms with Crippen LogP contribution in [-0.2, 0) is 11.3 Å². The summed E-state index contributed by atoms with van der Waals surface area (Å²) >= 11 is 5.83. The molecule has 1 unspecified atom stereocenters. The Hall–Kier alpha value is -2.67. The molecule has 0 aliphatic carbocycles. The van der Waals surface area contributed by atoms with Crippen molar-refractivity contribution in [2.45, 2.75) is 20.4 Å². The van der Waals surface area contributed by atoms with Crippen molar-refractivity contribution < 1.29 is 9.18 Å². The van der Waals surface area contributed by atoms with Crippen molar-refractivity contribution >= 4 is 23.3 Å². The lowest BCUT2D eigenvalue weighted by Gasteiger charge is -2.13. The first-order valence-electron chi connectivity index (χ1n) is 7.74. The van der Waals surface area contributed by atoms with Crippen LogP contribution in [0.5, 0.6) is 0 Å². The van der Waals surface area contributed by atoms with Crippen LogP contribution < -0.4 is 5.32 Å². The first-order valence-corrected chi connectivity index (χ1v) is 8.11. The van der Waals surface area contributed by atoms with Crippen LogP contribution in [0.1, 0.15) is 12.6 Å². The fourth-order valence-electron chi connectivity index (χ4n) is 2.42. The van der Waals surface area contributed by atoms with E-state index in [1.165, 1.54) is 18.3 Å². The Kier molecular flexibility index (Phi) is 4.85. The zero-order valence-electron chi connectivity index (χ0n) is 13.8. The molecular formula is C17H17ClFN5O. The normalized spacial score (nSPS) is 12.2. The van der Waals surface area contributed by atoms with E-state index < -0.39 is 0 Å². The van der Waals surface area contributed by atoms with E-state index in [0.29, 0.717) is 23.1 Å². The number of hydrogen-bond donors (Lipinski definition) is 1. The summed E-state index contributed by atoms with van der Waals surface area (Å²) in [5.41, 5.74) is 1.41. The number of hydrogen-bond acceptors (Lipinski definition) is 3. The Morgan fingerprint density at radius 1 is 1.36 bits per heavy atom. The molecule has 1 atom stereocenters. The maximum Gasteiger partial charge on any atom is 0.230 e. The largest absolute Gasteiger partial charge is 0.310 e. The summed E-state index contributed by atoms with van der Waals surface area (Å²) in [5.74, 6) is -0.299. The molecule has 0 saturated heterocycles. The minimum Gasteiger partial charge on any atom is -0.310 e. The fourth-order valence-corrected chi connectivity index (χ4v) is 2.58. The van der Waals surface area contributed by atoms with Gasteiger partial charge in [0, 0.05) is 12.3 Å². The van der Waals surface area contributed by atoms with Gasteiger partial charge < -0.3 is 5.32 Å². The summed E-state index contributed by atoms with van der Waals surface area (Å²) in [7, 11) is 0. The molecule has 6 nitrogen and oxygen atoms in total. The second-order valence-electron chi connectivity index (χ2n) is 5.83. The topological polar surface area (TPSA) is 64.7 Å². The number of rotatable bonds is 5. The van der Waals surface area contributed by atoms with Gasteiger partial charge in [0.25, 0.3) is 0 Å². The molecule has 0 bridgehead atoms. The van der Waals surface area contributed by atoms with Gasteiger partial charge in [-0.15, -0.1) is 0 Å². The molecule has 0 aliphatic heterocycles. The summed E-state index contributed by atoms with van der Waals surface area (Å²) in [6.07, 6.45) is 3.19. The fraction of sp³-hybridized carbons (Fsp3) is 0.235. The minimum absolute atomic E-state index is 0.171. The monoisotopic (exact) mass is 361 g/mol. The standard InChI is InChI=1S/C17H17ClFN5O/c1-11(9-23-10-13(18)8-20-23)17(25)21-16-7-12(2)22-24(16)15-5-3-14(19)4-6-15/h3-8,10-11H,9H2,1-2H3,(H,21,25). The van der Waals surface area contributed by atoms with Gasteiger partial charge in [0.05, 0.1) is 35.1 Å². The third-order valence-corrected chi connectivity index (χ3v) is 3.86. The highest BCUT2D eigenvalue weighted by atomic mass is 35.5. The van der Waals surface area contributed by atoms with Crippen molar-refractivity contribution in [2.24, 2.45) is 5.92 Å². The number of aromatic nitrogens is 4. The number of amides is 1. The van der Waals surface area contributed by atoms with Crippen LogP contribution in [0.25, 0.3) is 5.69 Å². The molecule has 2 heterocycles. The van der Waals surface area contributed by atoms with Gasteiger partial charge in [-0.2, -0.15) is 10.2 Å². The first kappa shape index (κ1) is 17.2. The van der Waals surface area contributed by atoms with E-state index in [2.05, 4.69) is 15.5 Å². The molecule has 0 saturated carbocycles. The lowest BCUT2D eigenvalue weighted by atomic mass is 10.1. The van der Waals surface area contributed by atoms with Gasteiger partial charge >= 0.3 is 0 Å². The van der Waals surface area contributed by atoms with E-state index >= 15 is 0 Å². The van der Waals surface area contributed by atoms with Crippen LogP contribution in [0, 0.1) is 18.7 Å². The Labute approximate surface area is 149 Å². The Balaban J connectivity index is 1.76. The summed E-state index contributed by atoms with van der Waals surface area (Å²) in [6, 6.07) is 7.67. The number of benzene rings is 1. The van der Waals surface area contributed by atoms with Gasteiger partial charge in [-0.1, -0.05) is 18.5 Å². The Morgan fingerprint density at radius 2 is 2.08 bits per heavy atom. The molecule has 3 aromatic rings. The third kappa shape index (κ3) is 4.06. The molecule has 3 rings (SSSR count). The van der Waals surface area contributed by atoms with Crippen molar-refractivity contribution in [3.8, 4) is 5.69 Å². The van der Waals surface area contributed by atoms with E-state index in [1.807, 2.05) is 6.92 Å². The molecule has 25 heavy (non-hydrogen) atoms. The van der Waals surface area contributed by atoms with Crippen LogP contribution in [-0.4, -0.2) is 25.5 Å². The van der Waals surface area contributed by atoms with E-state index in [-0.39, 0.29) is 17.6 Å². The van der Waals surface area contributed by atoms with Crippen molar-refractivity contribution in [2.75, 3.05) is 5.32 Å². The molecule has 0 radical (unpaired) electrons. The van der Waals surface area contributed by atoms with Crippen LogP contribution in [0.4, 0.5) is 10.2 Å². The third-order valence-electron chi connectivity index (χ3n) is 3.66.